The first-order valence-corrected chi connectivity index (χ1v) is 10.5. The number of hydrogen-bond donors (Lipinski definition) is 0. The average molecular weight is 409 g/mol. The first kappa shape index (κ1) is 20.6. The molecule has 1 heterocycles. The van der Waals surface area contributed by atoms with Crippen LogP contribution in [0.2, 0.25) is 0 Å². The zero-order valence-corrected chi connectivity index (χ0v) is 17.1. The highest BCUT2D eigenvalue weighted by molar-refractivity contribution is 7.54. The van der Waals surface area contributed by atoms with Crippen LogP contribution in [0.15, 0.2) is 36.4 Å². The standard InChI is InChI=1S/C20H22F2NO4P/c1-5-26-28(24,27-6-2)20(21,22)19-17-12-14(25-4)8-9-15(17)16-11-13(3)7-10-18(16)23-19/h7-12H,5-6H2,1-4H3. The maximum absolute atomic E-state index is 15.5. The topological polar surface area (TPSA) is 57.7 Å². The van der Waals surface area contributed by atoms with Gasteiger partial charge in [-0.1, -0.05) is 11.6 Å². The Kier molecular flexibility index (Phi) is 5.71. The van der Waals surface area contributed by atoms with Gasteiger partial charge in [0.15, 0.2) is 0 Å². The molecule has 0 amide bonds. The average Bonchev–Trinajstić information content (AvgIpc) is 2.67. The molecule has 0 spiro atoms. The summed E-state index contributed by atoms with van der Waals surface area (Å²) in [6.07, 6.45) is 0. The van der Waals surface area contributed by atoms with Crippen molar-refractivity contribution in [3.63, 3.8) is 0 Å². The van der Waals surface area contributed by atoms with Gasteiger partial charge in [-0.2, -0.15) is 8.78 Å². The van der Waals surface area contributed by atoms with E-state index >= 15 is 8.78 Å². The second-order valence-electron chi connectivity index (χ2n) is 6.27. The number of rotatable bonds is 7. The monoisotopic (exact) mass is 409 g/mol. The van der Waals surface area contributed by atoms with E-state index in [1.54, 1.807) is 24.3 Å². The van der Waals surface area contributed by atoms with Gasteiger partial charge in [0.1, 0.15) is 11.4 Å². The molecule has 150 valence electrons. The van der Waals surface area contributed by atoms with Crippen molar-refractivity contribution in [2.45, 2.75) is 26.4 Å². The number of benzene rings is 2. The molecule has 2 aromatic carbocycles. The lowest BCUT2D eigenvalue weighted by Gasteiger charge is -2.26. The quantitative estimate of drug-likeness (QED) is 0.353. The number of halogens is 2. The van der Waals surface area contributed by atoms with E-state index in [4.69, 9.17) is 13.8 Å². The van der Waals surface area contributed by atoms with Crippen molar-refractivity contribution in [1.82, 2.24) is 4.98 Å². The van der Waals surface area contributed by atoms with Gasteiger partial charge in [-0.15, -0.1) is 0 Å². The minimum absolute atomic E-state index is 0.141. The predicted octanol–water partition coefficient (Wildman–Crippen LogP) is 6.02. The molecule has 8 heteroatoms. The Hall–Kier alpha value is -2.08. The van der Waals surface area contributed by atoms with Crippen LogP contribution in [0.25, 0.3) is 21.7 Å². The molecule has 0 bridgehead atoms. The highest BCUT2D eigenvalue weighted by atomic mass is 31.2. The molecule has 3 rings (SSSR count). The van der Waals surface area contributed by atoms with E-state index in [9.17, 15) is 4.57 Å². The van der Waals surface area contributed by atoms with Crippen LogP contribution in [0.4, 0.5) is 8.78 Å². The molecule has 0 saturated heterocycles. The van der Waals surface area contributed by atoms with Crippen LogP contribution in [0, 0.1) is 6.92 Å². The molecule has 28 heavy (non-hydrogen) atoms. The summed E-state index contributed by atoms with van der Waals surface area (Å²) in [5.41, 5.74) is -3.25. The fourth-order valence-corrected chi connectivity index (χ4v) is 4.63. The number of alkyl halides is 2. The van der Waals surface area contributed by atoms with Crippen molar-refractivity contribution in [2.75, 3.05) is 20.3 Å². The molecule has 0 atom stereocenters. The van der Waals surface area contributed by atoms with Gasteiger partial charge in [0.25, 0.3) is 0 Å². The van der Waals surface area contributed by atoms with Crippen molar-refractivity contribution >= 4 is 29.3 Å². The van der Waals surface area contributed by atoms with Gasteiger partial charge in [-0.25, -0.2) is 4.98 Å². The Morgan fingerprint density at radius 1 is 1.00 bits per heavy atom. The summed E-state index contributed by atoms with van der Waals surface area (Å²) in [7, 11) is -3.35. The van der Waals surface area contributed by atoms with Gasteiger partial charge in [0.05, 0.1) is 25.8 Å². The Balaban J connectivity index is 2.40. The van der Waals surface area contributed by atoms with E-state index in [2.05, 4.69) is 4.98 Å². The summed E-state index contributed by atoms with van der Waals surface area (Å²) in [6, 6.07) is 10.2. The molecule has 5 nitrogen and oxygen atoms in total. The van der Waals surface area contributed by atoms with E-state index in [1.807, 2.05) is 13.0 Å². The van der Waals surface area contributed by atoms with Gasteiger partial charge >= 0.3 is 13.3 Å². The van der Waals surface area contributed by atoms with Crippen LogP contribution >= 0.6 is 7.60 Å². The van der Waals surface area contributed by atoms with E-state index in [-0.39, 0.29) is 18.6 Å². The zero-order chi connectivity index (χ0) is 20.5. The molecule has 0 aliphatic rings. The highest BCUT2D eigenvalue weighted by Gasteiger charge is 2.57. The van der Waals surface area contributed by atoms with Gasteiger partial charge < -0.3 is 13.8 Å². The molecule has 0 N–H and O–H groups in total. The number of aryl methyl sites for hydroxylation is 1. The third kappa shape index (κ3) is 3.39. The summed E-state index contributed by atoms with van der Waals surface area (Å²) in [5, 5.41) is 1.42. The first-order chi connectivity index (χ1) is 13.3. The van der Waals surface area contributed by atoms with E-state index < -0.39 is 19.0 Å². The molecular formula is C20H22F2NO4P. The van der Waals surface area contributed by atoms with Crippen LogP contribution in [0.5, 0.6) is 5.75 Å². The zero-order valence-electron chi connectivity index (χ0n) is 16.2. The third-order valence-electron chi connectivity index (χ3n) is 4.38. The third-order valence-corrected chi connectivity index (χ3v) is 6.48. The Morgan fingerprint density at radius 3 is 2.29 bits per heavy atom. The van der Waals surface area contributed by atoms with Crippen molar-refractivity contribution in [3.8, 4) is 5.75 Å². The van der Waals surface area contributed by atoms with E-state index in [1.165, 1.54) is 27.0 Å². The number of nitrogens with zero attached hydrogens (tertiary/aromatic N) is 1. The van der Waals surface area contributed by atoms with Gasteiger partial charge in [-0.3, -0.25) is 4.57 Å². The fraction of sp³-hybridized carbons (Fsp3) is 0.350. The molecule has 0 fully saturated rings. The van der Waals surface area contributed by atoms with E-state index in [0.717, 1.165) is 10.9 Å². The number of pyridine rings is 1. The minimum Gasteiger partial charge on any atom is -0.497 e. The summed E-state index contributed by atoms with van der Waals surface area (Å²) >= 11 is 0. The van der Waals surface area contributed by atoms with Crippen molar-refractivity contribution in [1.29, 1.82) is 0 Å². The van der Waals surface area contributed by atoms with Crippen molar-refractivity contribution in [3.05, 3.63) is 47.7 Å². The molecule has 0 radical (unpaired) electrons. The summed E-state index contributed by atoms with van der Waals surface area (Å²) in [4.78, 5) is 4.18. The maximum atomic E-state index is 15.5. The van der Waals surface area contributed by atoms with Crippen molar-refractivity contribution < 1.29 is 27.1 Å². The Bertz CT molecular complexity index is 1060. The summed E-state index contributed by atoms with van der Waals surface area (Å²) in [6.45, 7) is 4.52. The number of fused-ring (bicyclic) bond motifs is 3. The molecule has 0 aliphatic carbocycles. The lowest BCUT2D eigenvalue weighted by molar-refractivity contribution is 0.0340. The molecule has 0 saturated carbocycles. The van der Waals surface area contributed by atoms with Crippen LogP contribution < -0.4 is 4.74 Å². The number of methoxy groups -OCH3 is 1. The van der Waals surface area contributed by atoms with Gasteiger partial charge in [-0.05, 0) is 56.5 Å². The van der Waals surface area contributed by atoms with Crippen LogP contribution in [-0.2, 0) is 19.3 Å². The predicted molar refractivity (Wildman–Crippen MR) is 105 cm³/mol. The lowest BCUT2D eigenvalue weighted by Crippen LogP contribution is -2.20. The normalized spacial score (nSPS) is 12.6. The second kappa shape index (κ2) is 7.74. The fourth-order valence-electron chi connectivity index (χ4n) is 3.12. The minimum atomic E-state index is -4.80. The SMILES string of the molecule is CCOP(=O)(OCC)C(F)(F)c1nc2ccc(C)cc2c2ccc(OC)cc12. The van der Waals surface area contributed by atoms with Crippen LogP contribution in [0.3, 0.4) is 0 Å². The molecule has 0 aliphatic heterocycles. The number of hydrogen-bond acceptors (Lipinski definition) is 5. The smallest absolute Gasteiger partial charge is 0.406 e. The van der Waals surface area contributed by atoms with E-state index in [0.29, 0.717) is 16.7 Å². The molecular weight excluding hydrogens is 387 g/mol. The largest absolute Gasteiger partial charge is 0.497 e. The van der Waals surface area contributed by atoms with Crippen LogP contribution in [-0.4, -0.2) is 25.3 Å². The molecule has 0 unspecified atom stereocenters. The molecule has 3 aromatic rings. The number of ether oxygens (including phenoxy) is 1. The van der Waals surface area contributed by atoms with Crippen LogP contribution in [0.1, 0.15) is 25.1 Å². The summed E-state index contributed by atoms with van der Waals surface area (Å²) < 4.78 is 59.1. The Labute approximate surface area is 162 Å². The first-order valence-electron chi connectivity index (χ1n) is 8.93. The Morgan fingerprint density at radius 2 is 1.68 bits per heavy atom. The molecule has 1 aromatic heterocycles. The van der Waals surface area contributed by atoms with Gasteiger partial charge in [0, 0.05) is 10.8 Å². The summed E-state index contributed by atoms with van der Waals surface area (Å²) in [5.74, 6) is 0.390. The number of aromatic nitrogens is 1. The lowest BCUT2D eigenvalue weighted by atomic mass is 10.0. The van der Waals surface area contributed by atoms with Gasteiger partial charge in [0.2, 0.25) is 0 Å². The maximum Gasteiger partial charge on any atom is 0.406 e. The van der Waals surface area contributed by atoms with Crippen molar-refractivity contribution in [2.24, 2.45) is 0 Å². The highest BCUT2D eigenvalue weighted by Crippen LogP contribution is 2.67. The second-order valence-corrected chi connectivity index (χ2v) is 8.34.